The summed E-state index contributed by atoms with van der Waals surface area (Å²) in [4.78, 5) is 0. The first-order chi connectivity index (χ1) is 6.83. The second-order valence-electron chi connectivity index (χ2n) is 4.48. The van der Waals surface area contributed by atoms with Gasteiger partial charge in [-0.3, -0.25) is 0 Å². The Balaban J connectivity index is 1.89. The Hall–Kier alpha value is -1.02. The van der Waals surface area contributed by atoms with E-state index in [0.717, 1.165) is 6.04 Å². The predicted molar refractivity (Wildman–Crippen MR) is 55.4 cm³/mol. The molecule has 2 aliphatic rings. The van der Waals surface area contributed by atoms with Crippen LogP contribution in [0.5, 0.6) is 5.75 Å². The van der Waals surface area contributed by atoms with Crippen molar-refractivity contribution in [2.24, 2.45) is 0 Å². The summed E-state index contributed by atoms with van der Waals surface area (Å²) in [5.74, 6) is 1.02. The first-order valence-corrected chi connectivity index (χ1v) is 5.38. The molecule has 74 valence electrons. The average molecular weight is 189 g/mol. The van der Waals surface area contributed by atoms with Gasteiger partial charge in [0.2, 0.25) is 0 Å². The molecule has 14 heavy (non-hydrogen) atoms. The van der Waals surface area contributed by atoms with Crippen molar-refractivity contribution in [3.63, 3.8) is 0 Å². The number of hydrogen-bond donors (Lipinski definition) is 2. The summed E-state index contributed by atoms with van der Waals surface area (Å²) in [6.45, 7) is 0. The largest absolute Gasteiger partial charge is 0.508 e. The van der Waals surface area contributed by atoms with Crippen molar-refractivity contribution in [1.29, 1.82) is 0 Å². The fourth-order valence-corrected chi connectivity index (χ4v) is 2.95. The van der Waals surface area contributed by atoms with E-state index in [1.54, 1.807) is 6.07 Å². The van der Waals surface area contributed by atoms with Gasteiger partial charge in [0.05, 0.1) is 0 Å². The quantitative estimate of drug-likeness (QED) is 0.708. The summed E-state index contributed by atoms with van der Waals surface area (Å²) in [6.07, 6.45) is 3.87. The summed E-state index contributed by atoms with van der Waals surface area (Å²) in [6, 6.07) is 9.11. The summed E-state index contributed by atoms with van der Waals surface area (Å²) < 4.78 is 0. The molecule has 0 aromatic heterocycles. The van der Waals surface area contributed by atoms with E-state index < -0.39 is 0 Å². The molecule has 0 radical (unpaired) electrons. The van der Waals surface area contributed by atoms with Gasteiger partial charge in [-0.05, 0) is 37.0 Å². The number of aromatic hydroxyl groups is 1. The molecule has 0 unspecified atom stereocenters. The zero-order valence-electron chi connectivity index (χ0n) is 8.11. The van der Waals surface area contributed by atoms with Gasteiger partial charge < -0.3 is 10.4 Å². The van der Waals surface area contributed by atoms with Crippen molar-refractivity contribution >= 4 is 0 Å². The molecule has 2 N–H and O–H groups in total. The van der Waals surface area contributed by atoms with Crippen molar-refractivity contribution in [1.82, 2.24) is 5.32 Å². The smallest absolute Gasteiger partial charge is 0.115 e. The van der Waals surface area contributed by atoms with Crippen LogP contribution in [-0.4, -0.2) is 17.2 Å². The number of rotatable bonds is 1. The van der Waals surface area contributed by atoms with Gasteiger partial charge in [0.15, 0.2) is 0 Å². The summed E-state index contributed by atoms with van der Waals surface area (Å²) in [7, 11) is 0. The van der Waals surface area contributed by atoms with Gasteiger partial charge in [-0.15, -0.1) is 0 Å². The molecule has 0 amide bonds. The van der Waals surface area contributed by atoms with Crippen molar-refractivity contribution in [3.05, 3.63) is 29.8 Å². The minimum Gasteiger partial charge on any atom is -0.508 e. The standard InChI is InChI=1S/C12H15NO/c14-10-3-1-2-8(6-10)11-7-9-4-5-12(11)13-9/h1-3,6,9,11-14H,4-5,7H2/t9-,11+,12+/m0/s1. The lowest BCUT2D eigenvalue weighted by Crippen LogP contribution is -2.21. The van der Waals surface area contributed by atoms with Crippen molar-refractivity contribution in [2.45, 2.75) is 37.3 Å². The number of benzene rings is 1. The molecular formula is C12H15NO. The average Bonchev–Trinajstić information content (AvgIpc) is 2.78. The van der Waals surface area contributed by atoms with Crippen LogP contribution < -0.4 is 5.32 Å². The van der Waals surface area contributed by atoms with Crippen LogP contribution >= 0.6 is 0 Å². The monoisotopic (exact) mass is 189 g/mol. The number of phenols is 1. The number of fused-ring (bicyclic) bond motifs is 2. The van der Waals surface area contributed by atoms with E-state index in [2.05, 4.69) is 11.4 Å². The summed E-state index contributed by atoms with van der Waals surface area (Å²) in [5, 5.41) is 13.0. The van der Waals surface area contributed by atoms with Crippen LogP contribution in [-0.2, 0) is 0 Å². The van der Waals surface area contributed by atoms with Crippen LogP contribution in [0.25, 0.3) is 0 Å². The van der Waals surface area contributed by atoms with Crippen molar-refractivity contribution in [3.8, 4) is 5.75 Å². The Bertz CT molecular complexity index is 350. The van der Waals surface area contributed by atoms with Crippen LogP contribution in [0.15, 0.2) is 24.3 Å². The molecule has 2 heteroatoms. The molecule has 0 saturated carbocycles. The SMILES string of the molecule is Oc1cccc([C@H]2C[C@@H]3CC[C@H]2N3)c1. The Morgan fingerprint density at radius 1 is 1.29 bits per heavy atom. The second kappa shape index (κ2) is 2.99. The maximum atomic E-state index is 9.42. The lowest BCUT2D eigenvalue weighted by molar-refractivity contribution is 0.468. The second-order valence-corrected chi connectivity index (χ2v) is 4.48. The Labute approximate surface area is 84.0 Å². The first-order valence-electron chi connectivity index (χ1n) is 5.38. The number of nitrogens with one attached hydrogen (secondary N) is 1. The Morgan fingerprint density at radius 3 is 2.86 bits per heavy atom. The summed E-state index contributed by atoms with van der Waals surface area (Å²) >= 11 is 0. The number of phenolic OH excluding ortho intramolecular Hbond substituents is 1. The van der Waals surface area contributed by atoms with E-state index in [4.69, 9.17) is 0 Å². The molecular weight excluding hydrogens is 174 g/mol. The first kappa shape index (κ1) is 8.30. The Kier molecular flexibility index (Phi) is 1.77. The highest BCUT2D eigenvalue weighted by molar-refractivity contribution is 5.32. The highest BCUT2D eigenvalue weighted by Gasteiger charge is 2.39. The van der Waals surface area contributed by atoms with E-state index in [9.17, 15) is 5.11 Å². The molecule has 2 heterocycles. The van der Waals surface area contributed by atoms with E-state index in [1.807, 2.05) is 12.1 Å². The van der Waals surface area contributed by atoms with Crippen LogP contribution in [0.1, 0.15) is 30.7 Å². The lowest BCUT2D eigenvalue weighted by atomic mass is 9.84. The zero-order valence-corrected chi connectivity index (χ0v) is 8.11. The highest BCUT2D eigenvalue weighted by Crippen LogP contribution is 2.40. The third-order valence-corrected chi connectivity index (χ3v) is 3.60. The third kappa shape index (κ3) is 1.22. The maximum absolute atomic E-state index is 9.42. The number of hydrogen-bond acceptors (Lipinski definition) is 2. The van der Waals surface area contributed by atoms with Gasteiger partial charge in [-0.25, -0.2) is 0 Å². The van der Waals surface area contributed by atoms with Gasteiger partial charge in [-0.1, -0.05) is 12.1 Å². The molecule has 3 atom stereocenters. The van der Waals surface area contributed by atoms with Crippen molar-refractivity contribution in [2.75, 3.05) is 0 Å². The fourth-order valence-electron chi connectivity index (χ4n) is 2.95. The maximum Gasteiger partial charge on any atom is 0.115 e. The minimum atomic E-state index is 0.394. The van der Waals surface area contributed by atoms with Gasteiger partial charge in [-0.2, -0.15) is 0 Å². The molecule has 0 spiro atoms. The fraction of sp³-hybridized carbons (Fsp3) is 0.500. The van der Waals surface area contributed by atoms with E-state index >= 15 is 0 Å². The molecule has 1 aromatic carbocycles. The lowest BCUT2D eigenvalue weighted by Gasteiger charge is -2.20. The van der Waals surface area contributed by atoms with Crippen LogP contribution in [0.3, 0.4) is 0 Å². The Morgan fingerprint density at radius 2 is 2.21 bits per heavy atom. The predicted octanol–water partition coefficient (Wildman–Crippen LogP) is 2.00. The van der Waals surface area contributed by atoms with Crippen LogP contribution in [0.4, 0.5) is 0 Å². The third-order valence-electron chi connectivity index (χ3n) is 3.60. The summed E-state index contributed by atoms with van der Waals surface area (Å²) in [5.41, 5.74) is 1.30. The molecule has 1 aromatic rings. The normalized spacial score (nSPS) is 35.0. The minimum absolute atomic E-state index is 0.394. The van der Waals surface area contributed by atoms with Gasteiger partial charge >= 0.3 is 0 Å². The topological polar surface area (TPSA) is 32.3 Å². The molecule has 2 saturated heterocycles. The van der Waals surface area contributed by atoms with Crippen molar-refractivity contribution < 1.29 is 5.11 Å². The van der Waals surface area contributed by atoms with Crippen LogP contribution in [0, 0.1) is 0 Å². The van der Waals surface area contributed by atoms with Gasteiger partial charge in [0, 0.05) is 18.0 Å². The molecule has 2 nitrogen and oxygen atoms in total. The molecule has 2 aliphatic heterocycles. The highest BCUT2D eigenvalue weighted by atomic mass is 16.3. The molecule has 0 aliphatic carbocycles. The van der Waals surface area contributed by atoms with Gasteiger partial charge in [0.1, 0.15) is 5.75 Å². The zero-order chi connectivity index (χ0) is 9.54. The molecule has 2 bridgehead atoms. The van der Waals surface area contributed by atoms with E-state index in [1.165, 1.54) is 24.8 Å². The molecule has 2 fully saturated rings. The van der Waals surface area contributed by atoms with E-state index in [-0.39, 0.29) is 0 Å². The van der Waals surface area contributed by atoms with Crippen LogP contribution in [0.2, 0.25) is 0 Å². The molecule has 3 rings (SSSR count). The van der Waals surface area contributed by atoms with E-state index in [0.29, 0.717) is 17.7 Å². The van der Waals surface area contributed by atoms with Gasteiger partial charge in [0.25, 0.3) is 0 Å².